The number of ether oxygens (including phenoxy) is 9. The Morgan fingerprint density at radius 1 is 0.658 bits per heavy atom. The van der Waals surface area contributed by atoms with Crippen molar-refractivity contribution >= 4 is 0 Å². The Hall–Kier alpha value is -1.56. The number of hydrogen-bond donors (Lipinski definition) is 13. The standard InChI is InChI=1S/C51H82O22/c1-20(19-65-45-38(60)37(59)34(56)29(17-52)70-45)7-10-31-51(6,64)44-28(69-31)16-27-25-9-8-23-15-24(11-13-49(23,4)26(25)12-14-50(27,44)5)68-48-43(73-47-40(62)36(58)33(55)22(3)67-47)41(63)42(30(18-53)71-48)72-46-39(61)35(57)32(54)21(2)66-46/h8,10,20-22,24-30,32-48,52-64H,7,9,11-19H2,1-6H3/b31-10-/t20-,21+,22+,24+,25?,26?,27?,28?,29-,30-,32+,33+,34-,35-,36-,37+,38-,39-,40-,41+,42-,43-,44?,45-,46+,47+,48-,49+,50+,51-/m1/s1. The molecule has 9 aliphatic rings. The van der Waals surface area contributed by atoms with Gasteiger partial charge in [0.05, 0.1) is 38.1 Å². The SMILES string of the molecule is C[C@H](C/C=C1\OC2CC3C4CC=C5C[C@@H](O[C@@H]6O[C@H](CO)[C@@H](O[C@@H]7O[C@@H](C)[C@H](O)[C@@H](O)[C@H]7O)[C@H](O)[C@H]6O[C@@H]6O[C@@H](C)[C@H](O)[C@@H](O)[C@H]6O)CC[C@]5(C)C4CC[C@]3(C)C2[C@]1(C)O)CO[C@@H]1O[C@H](CO)[C@@H](O)[C@H](O)[C@H]1O. The molecule has 5 heterocycles. The summed E-state index contributed by atoms with van der Waals surface area (Å²) in [6.07, 6.45) is -19.4. The highest BCUT2D eigenvalue weighted by Gasteiger charge is 2.69. The lowest BCUT2D eigenvalue weighted by Gasteiger charge is -2.58. The van der Waals surface area contributed by atoms with E-state index in [-0.39, 0.29) is 35.4 Å². The Labute approximate surface area is 425 Å². The first-order valence-electron chi connectivity index (χ1n) is 26.5. The van der Waals surface area contributed by atoms with Gasteiger partial charge in [0.1, 0.15) is 103 Å². The van der Waals surface area contributed by atoms with Gasteiger partial charge in [-0.1, -0.05) is 32.4 Å². The van der Waals surface area contributed by atoms with Crippen molar-refractivity contribution in [3.05, 3.63) is 23.5 Å². The number of fused-ring (bicyclic) bond motifs is 7. The summed E-state index contributed by atoms with van der Waals surface area (Å²) in [5.74, 6) is 1.30. The molecule has 0 aromatic carbocycles. The van der Waals surface area contributed by atoms with Gasteiger partial charge < -0.3 is 109 Å². The molecule has 418 valence electrons. The van der Waals surface area contributed by atoms with Gasteiger partial charge in [-0.25, -0.2) is 0 Å². The molecule has 0 amide bonds. The molecule has 5 saturated heterocycles. The van der Waals surface area contributed by atoms with E-state index in [4.69, 9.17) is 42.6 Å². The van der Waals surface area contributed by atoms with E-state index in [0.717, 1.165) is 32.1 Å². The van der Waals surface area contributed by atoms with Crippen LogP contribution in [0.4, 0.5) is 0 Å². The van der Waals surface area contributed by atoms with Crippen LogP contribution in [-0.4, -0.2) is 227 Å². The van der Waals surface area contributed by atoms with Crippen LogP contribution in [0.2, 0.25) is 0 Å². The molecule has 22 heteroatoms. The monoisotopic (exact) mass is 1050 g/mol. The number of rotatable bonds is 13. The van der Waals surface area contributed by atoms with Crippen molar-refractivity contribution in [2.24, 2.45) is 40.4 Å². The van der Waals surface area contributed by atoms with Crippen LogP contribution in [0.1, 0.15) is 92.9 Å². The molecule has 0 aromatic heterocycles. The first-order chi connectivity index (χ1) is 34.4. The Morgan fingerprint density at radius 3 is 1.88 bits per heavy atom. The number of aliphatic hydroxyl groups is 13. The summed E-state index contributed by atoms with van der Waals surface area (Å²) in [7, 11) is 0. The summed E-state index contributed by atoms with van der Waals surface area (Å²) in [6, 6.07) is 0. The van der Waals surface area contributed by atoms with Crippen LogP contribution in [-0.2, 0) is 42.6 Å². The van der Waals surface area contributed by atoms with Gasteiger partial charge >= 0.3 is 0 Å². The highest BCUT2D eigenvalue weighted by Crippen LogP contribution is 2.70. The minimum absolute atomic E-state index is 0.0981. The largest absolute Gasteiger partial charge is 0.492 e. The third-order valence-electron chi connectivity index (χ3n) is 18.9. The number of hydrogen-bond acceptors (Lipinski definition) is 22. The summed E-state index contributed by atoms with van der Waals surface area (Å²) in [4.78, 5) is 0. The van der Waals surface area contributed by atoms with E-state index in [2.05, 4.69) is 19.9 Å². The average molecular weight is 1050 g/mol. The van der Waals surface area contributed by atoms with Gasteiger partial charge in [0.2, 0.25) is 0 Å². The van der Waals surface area contributed by atoms with Crippen LogP contribution in [0.5, 0.6) is 0 Å². The van der Waals surface area contributed by atoms with Crippen molar-refractivity contribution in [1.82, 2.24) is 0 Å². The van der Waals surface area contributed by atoms with Gasteiger partial charge in [-0.05, 0) is 113 Å². The molecule has 13 N–H and O–H groups in total. The van der Waals surface area contributed by atoms with Gasteiger partial charge in [0.25, 0.3) is 0 Å². The van der Waals surface area contributed by atoms with Crippen LogP contribution in [0.15, 0.2) is 23.5 Å². The van der Waals surface area contributed by atoms with Gasteiger partial charge in [0, 0.05) is 5.92 Å². The first-order valence-corrected chi connectivity index (χ1v) is 26.5. The molecular formula is C51H82O22. The fraction of sp³-hybridized carbons (Fsp3) is 0.922. The first kappa shape index (κ1) is 56.2. The highest BCUT2D eigenvalue weighted by molar-refractivity contribution is 5.29. The van der Waals surface area contributed by atoms with E-state index in [9.17, 15) is 66.4 Å². The van der Waals surface area contributed by atoms with Crippen molar-refractivity contribution in [2.75, 3.05) is 19.8 Å². The molecule has 0 spiro atoms. The van der Waals surface area contributed by atoms with Gasteiger partial charge in [-0.2, -0.15) is 0 Å². The summed E-state index contributed by atoms with van der Waals surface area (Å²) in [5.41, 5.74) is -0.343. The maximum absolute atomic E-state index is 12.3. The normalized spacial score (nSPS) is 54.9. The second-order valence-corrected chi connectivity index (χ2v) is 23.5. The molecule has 4 aliphatic carbocycles. The maximum atomic E-state index is 12.3. The minimum atomic E-state index is -1.75. The van der Waals surface area contributed by atoms with Crippen molar-refractivity contribution in [1.29, 1.82) is 0 Å². The lowest BCUT2D eigenvalue weighted by molar-refractivity contribution is -0.388. The van der Waals surface area contributed by atoms with Gasteiger partial charge in [0.15, 0.2) is 25.2 Å². The van der Waals surface area contributed by atoms with Crippen LogP contribution in [0.25, 0.3) is 0 Å². The summed E-state index contributed by atoms with van der Waals surface area (Å²) in [5, 5.41) is 139. The van der Waals surface area contributed by atoms with E-state index in [1.54, 1.807) is 0 Å². The van der Waals surface area contributed by atoms with E-state index in [1.165, 1.54) is 19.4 Å². The lowest BCUT2D eigenvalue weighted by Crippen LogP contribution is -2.66. The molecule has 3 saturated carbocycles. The van der Waals surface area contributed by atoms with Gasteiger partial charge in [-0.3, -0.25) is 0 Å². The molecule has 0 aromatic rings. The second kappa shape index (κ2) is 21.6. The maximum Gasteiger partial charge on any atom is 0.187 e. The molecule has 5 unspecified atom stereocenters. The van der Waals surface area contributed by atoms with Crippen LogP contribution in [0, 0.1) is 40.4 Å². The number of aliphatic hydroxyl groups excluding tert-OH is 12. The predicted molar refractivity (Wildman–Crippen MR) is 249 cm³/mol. The topological polar surface area (TPSA) is 346 Å². The third kappa shape index (κ3) is 10.0. The van der Waals surface area contributed by atoms with Crippen molar-refractivity contribution in [3.63, 3.8) is 0 Å². The predicted octanol–water partition coefficient (Wildman–Crippen LogP) is -2.06. The zero-order valence-corrected chi connectivity index (χ0v) is 42.5. The molecule has 0 bridgehead atoms. The molecule has 9 rings (SSSR count). The van der Waals surface area contributed by atoms with Crippen LogP contribution in [0.3, 0.4) is 0 Å². The molecule has 5 aliphatic heterocycles. The zero-order valence-electron chi connectivity index (χ0n) is 42.5. The minimum Gasteiger partial charge on any atom is -0.492 e. The summed E-state index contributed by atoms with van der Waals surface area (Å²) < 4.78 is 54.5. The Bertz CT molecular complexity index is 1960. The quantitative estimate of drug-likeness (QED) is 0.0882. The fourth-order valence-electron chi connectivity index (χ4n) is 14.6. The molecule has 30 atom stereocenters. The average Bonchev–Trinajstić information content (AvgIpc) is 3.82. The fourth-order valence-corrected chi connectivity index (χ4v) is 14.6. The molecular weight excluding hydrogens is 965 g/mol. The van der Waals surface area contributed by atoms with Crippen molar-refractivity contribution in [3.8, 4) is 0 Å². The second-order valence-electron chi connectivity index (χ2n) is 23.5. The van der Waals surface area contributed by atoms with E-state index in [1.807, 2.05) is 19.9 Å². The van der Waals surface area contributed by atoms with Gasteiger partial charge in [-0.15, -0.1) is 0 Å². The van der Waals surface area contributed by atoms with E-state index >= 15 is 0 Å². The van der Waals surface area contributed by atoms with Crippen molar-refractivity contribution < 1.29 is 109 Å². The van der Waals surface area contributed by atoms with Crippen molar-refractivity contribution in [2.45, 2.75) is 234 Å². The zero-order chi connectivity index (χ0) is 52.8. The lowest BCUT2D eigenvalue weighted by atomic mass is 9.46. The highest BCUT2D eigenvalue weighted by atomic mass is 16.8. The Kier molecular flexibility index (Phi) is 16.6. The van der Waals surface area contributed by atoms with E-state index < -0.39 is 148 Å². The van der Waals surface area contributed by atoms with Crippen LogP contribution >= 0.6 is 0 Å². The summed E-state index contributed by atoms with van der Waals surface area (Å²) >= 11 is 0. The smallest absolute Gasteiger partial charge is 0.187 e. The molecule has 8 fully saturated rings. The van der Waals surface area contributed by atoms with Crippen LogP contribution < -0.4 is 0 Å². The Morgan fingerprint density at radius 2 is 1.25 bits per heavy atom. The molecule has 0 radical (unpaired) electrons. The Balaban J connectivity index is 0.860. The number of allylic oxidation sites excluding steroid dienone is 2. The third-order valence-corrected chi connectivity index (χ3v) is 18.9. The molecule has 22 nitrogen and oxygen atoms in total. The van der Waals surface area contributed by atoms with E-state index in [0.29, 0.717) is 42.8 Å². The molecule has 73 heavy (non-hydrogen) atoms. The summed E-state index contributed by atoms with van der Waals surface area (Å²) in [6.45, 7) is 10.3.